The van der Waals surface area contributed by atoms with Crippen LogP contribution in [-0.2, 0) is 6.54 Å². The number of ether oxygens (including phenoxy) is 1. The van der Waals surface area contributed by atoms with E-state index in [0.29, 0.717) is 6.04 Å². The number of benzene rings is 2. The van der Waals surface area contributed by atoms with Crippen molar-refractivity contribution in [3.05, 3.63) is 71.4 Å². The average Bonchev–Trinajstić information content (AvgIpc) is 3.18. The Bertz CT molecular complexity index is 855. The zero-order valence-electron chi connectivity index (χ0n) is 15.3. The summed E-state index contributed by atoms with van der Waals surface area (Å²) >= 11 is 1.78. The van der Waals surface area contributed by atoms with Crippen molar-refractivity contribution in [2.45, 2.75) is 12.6 Å². The lowest BCUT2D eigenvalue weighted by molar-refractivity contribution is 0.151. The van der Waals surface area contributed by atoms with Crippen LogP contribution in [0.5, 0.6) is 5.75 Å². The second-order valence-corrected chi connectivity index (χ2v) is 7.53. The summed E-state index contributed by atoms with van der Waals surface area (Å²) < 4.78 is 5.59. The number of para-hydroxylation sites is 1. The fourth-order valence-corrected chi connectivity index (χ4v) is 4.43. The highest BCUT2D eigenvalue weighted by Crippen LogP contribution is 2.33. The molecule has 1 fully saturated rings. The molecule has 1 aromatic heterocycles. The Morgan fingerprint density at radius 3 is 2.74 bits per heavy atom. The van der Waals surface area contributed by atoms with Gasteiger partial charge in [-0.3, -0.25) is 4.90 Å². The number of halogens is 1. The molecular weight excluding hydrogens is 378 g/mol. The van der Waals surface area contributed by atoms with Crippen molar-refractivity contribution < 1.29 is 4.74 Å². The molecule has 1 aliphatic heterocycles. The maximum absolute atomic E-state index is 5.59. The minimum absolute atomic E-state index is 0. The SMILES string of the molecule is COc1ccccc1C1CNCCN1Cc1ncc(-c2ccccc2)s1.Cl. The molecule has 0 radical (unpaired) electrons. The topological polar surface area (TPSA) is 37.4 Å². The van der Waals surface area contributed by atoms with Crippen LogP contribution >= 0.6 is 23.7 Å². The molecular formula is C21H24ClN3OS. The summed E-state index contributed by atoms with van der Waals surface area (Å²) in [7, 11) is 1.74. The van der Waals surface area contributed by atoms with Crippen molar-refractivity contribution in [3.63, 3.8) is 0 Å². The van der Waals surface area contributed by atoms with Gasteiger partial charge < -0.3 is 10.1 Å². The van der Waals surface area contributed by atoms with E-state index in [1.165, 1.54) is 16.0 Å². The van der Waals surface area contributed by atoms with Gasteiger partial charge in [-0.1, -0.05) is 48.5 Å². The van der Waals surface area contributed by atoms with Crippen molar-refractivity contribution >= 4 is 23.7 Å². The Hall–Kier alpha value is -1.92. The van der Waals surface area contributed by atoms with Gasteiger partial charge in [0.25, 0.3) is 0 Å². The Morgan fingerprint density at radius 1 is 1.15 bits per heavy atom. The first-order chi connectivity index (χ1) is 12.8. The number of hydrogen-bond donors (Lipinski definition) is 1. The van der Waals surface area contributed by atoms with Crippen LogP contribution < -0.4 is 10.1 Å². The highest BCUT2D eigenvalue weighted by Gasteiger charge is 2.26. The number of rotatable bonds is 5. The van der Waals surface area contributed by atoms with E-state index in [1.807, 2.05) is 24.4 Å². The van der Waals surface area contributed by atoms with Crippen molar-refractivity contribution in [2.24, 2.45) is 0 Å². The summed E-state index contributed by atoms with van der Waals surface area (Å²) in [5.41, 5.74) is 2.47. The maximum atomic E-state index is 5.59. The molecule has 142 valence electrons. The molecule has 0 spiro atoms. The summed E-state index contributed by atoms with van der Waals surface area (Å²) in [5.74, 6) is 0.954. The zero-order valence-corrected chi connectivity index (χ0v) is 16.9. The fraction of sp³-hybridized carbons (Fsp3) is 0.286. The van der Waals surface area contributed by atoms with Crippen LogP contribution in [0.25, 0.3) is 10.4 Å². The molecule has 0 amide bonds. The molecule has 4 rings (SSSR count). The summed E-state index contributed by atoms with van der Waals surface area (Å²) in [6.07, 6.45) is 2.00. The summed E-state index contributed by atoms with van der Waals surface area (Å²) in [6, 6.07) is 19.1. The number of methoxy groups -OCH3 is 1. The molecule has 1 saturated heterocycles. The second kappa shape index (κ2) is 9.33. The molecule has 2 aromatic carbocycles. The Kier molecular flexibility index (Phi) is 6.85. The van der Waals surface area contributed by atoms with Crippen LogP contribution in [0.3, 0.4) is 0 Å². The first kappa shape index (κ1) is 19.8. The molecule has 1 aliphatic rings. The van der Waals surface area contributed by atoms with Gasteiger partial charge >= 0.3 is 0 Å². The van der Waals surface area contributed by atoms with Gasteiger partial charge in [-0.2, -0.15) is 0 Å². The molecule has 0 saturated carbocycles. The van der Waals surface area contributed by atoms with Crippen LogP contribution in [0, 0.1) is 0 Å². The Morgan fingerprint density at radius 2 is 1.93 bits per heavy atom. The number of nitrogens with zero attached hydrogens (tertiary/aromatic N) is 2. The number of thiazole rings is 1. The molecule has 6 heteroatoms. The van der Waals surface area contributed by atoms with Gasteiger partial charge in [-0.15, -0.1) is 23.7 Å². The van der Waals surface area contributed by atoms with E-state index in [-0.39, 0.29) is 12.4 Å². The smallest absolute Gasteiger partial charge is 0.123 e. The number of nitrogens with one attached hydrogen (secondary N) is 1. The molecule has 0 aliphatic carbocycles. The lowest BCUT2D eigenvalue weighted by Gasteiger charge is -2.36. The fourth-order valence-electron chi connectivity index (χ4n) is 3.48. The standard InChI is InChI=1S/C21H23N3OS.ClH/c1-25-19-10-6-5-9-17(19)18-13-22-11-12-24(18)15-21-23-14-20(26-21)16-7-3-2-4-8-16;/h2-10,14,18,22H,11-13,15H2,1H3;1H. The van der Waals surface area contributed by atoms with Crippen molar-refractivity contribution in [2.75, 3.05) is 26.7 Å². The lowest BCUT2D eigenvalue weighted by Crippen LogP contribution is -2.45. The third-order valence-corrected chi connectivity index (χ3v) is 5.83. The van der Waals surface area contributed by atoms with Crippen LogP contribution in [0.2, 0.25) is 0 Å². The Labute approximate surface area is 170 Å². The van der Waals surface area contributed by atoms with Crippen LogP contribution in [0.15, 0.2) is 60.8 Å². The van der Waals surface area contributed by atoms with Crippen LogP contribution in [0.1, 0.15) is 16.6 Å². The van der Waals surface area contributed by atoms with Gasteiger partial charge in [0.15, 0.2) is 0 Å². The lowest BCUT2D eigenvalue weighted by atomic mass is 10.0. The van der Waals surface area contributed by atoms with E-state index < -0.39 is 0 Å². The van der Waals surface area contributed by atoms with Gasteiger partial charge in [0.05, 0.1) is 24.6 Å². The van der Waals surface area contributed by atoms with E-state index in [9.17, 15) is 0 Å². The van der Waals surface area contributed by atoms with Crippen LogP contribution in [-0.4, -0.2) is 36.6 Å². The molecule has 1 unspecified atom stereocenters. The van der Waals surface area contributed by atoms with Gasteiger partial charge in [0.2, 0.25) is 0 Å². The minimum Gasteiger partial charge on any atom is -0.496 e. The van der Waals surface area contributed by atoms with E-state index in [4.69, 9.17) is 4.74 Å². The monoisotopic (exact) mass is 401 g/mol. The van der Waals surface area contributed by atoms with Gasteiger partial charge in [0, 0.05) is 31.4 Å². The molecule has 0 bridgehead atoms. The third-order valence-electron chi connectivity index (χ3n) is 4.80. The zero-order chi connectivity index (χ0) is 17.8. The second-order valence-electron chi connectivity index (χ2n) is 6.42. The number of aromatic nitrogens is 1. The average molecular weight is 402 g/mol. The third kappa shape index (κ3) is 4.50. The molecule has 1 N–H and O–H groups in total. The van der Waals surface area contributed by atoms with Gasteiger partial charge in [-0.05, 0) is 11.6 Å². The maximum Gasteiger partial charge on any atom is 0.123 e. The quantitative estimate of drug-likeness (QED) is 0.688. The van der Waals surface area contributed by atoms with Gasteiger partial charge in [0.1, 0.15) is 10.8 Å². The molecule has 27 heavy (non-hydrogen) atoms. The first-order valence-electron chi connectivity index (χ1n) is 8.93. The summed E-state index contributed by atoms with van der Waals surface area (Å²) in [6.45, 7) is 3.80. The molecule has 4 nitrogen and oxygen atoms in total. The summed E-state index contributed by atoms with van der Waals surface area (Å²) in [4.78, 5) is 8.41. The van der Waals surface area contributed by atoms with E-state index >= 15 is 0 Å². The van der Waals surface area contributed by atoms with Crippen molar-refractivity contribution in [1.82, 2.24) is 15.2 Å². The molecule has 1 atom stereocenters. The minimum atomic E-state index is 0. The largest absolute Gasteiger partial charge is 0.496 e. The number of piperazine rings is 1. The Balaban J connectivity index is 0.00000210. The highest BCUT2D eigenvalue weighted by atomic mass is 35.5. The predicted molar refractivity (Wildman–Crippen MR) is 114 cm³/mol. The molecule has 3 aromatic rings. The predicted octanol–water partition coefficient (Wildman–Crippen LogP) is 4.39. The van der Waals surface area contributed by atoms with Crippen molar-refractivity contribution in [3.8, 4) is 16.2 Å². The van der Waals surface area contributed by atoms with Gasteiger partial charge in [-0.25, -0.2) is 4.98 Å². The van der Waals surface area contributed by atoms with Crippen LogP contribution in [0.4, 0.5) is 0 Å². The normalized spacial score (nSPS) is 17.3. The highest BCUT2D eigenvalue weighted by molar-refractivity contribution is 7.15. The molecule has 2 heterocycles. The summed E-state index contributed by atoms with van der Waals surface area (Å²) in [5, 5.41) is 4.68. The van der Waals surface area contributed by atoms with E-state index in [0.717, 1.165) is 36.9 Å². The number of hydrogen-bond acceptors (Lipinski definition) is 5. The van der Waals surface area contributed by atoms with E-state index in [2.05, 4.69) is 51.6 Å². The van der Waals surface area contributed by atoms with E-state index in [1.54, 1.807) is 18.4 Å². The van der Waals surface area contributed by atoms with Crippen molar-refractivity contribution in [1.29, 1.82) is 0 Å². The first-order valence-corrected chi connectivity index (χ1v) is 9.74.